The lowest BCUT2D eigenvalue weighted by Gasteiger charge is -2.17. The molecule has 12 heteroatoms. The van der Waals surface area contributed by atoms with Crippen molar-refractivity contribution in [3.8, 4) is 0 Å². The van der Waals surface area contributed by atoms with E-state index >= 15 is 0 Å². The number of thiophene rings is 1. The number of carboxylic acid groups (broad SMARTS) is 1. The van der Waals surface area contributed by atoms with Gasteiger partial charge in [-0.1, -0.05) is 35.9 Å². The summed E-state index contributed by atoms with van der Waals surface area (Å²) >= 11 is 7.60. The van der Waals surface area contributed by atoms with Gasteiger partial charge in [-0.3, -0.25) is 19.5 Å². The van der Waals surface area contributed by atoms with Crippen molar-refractivity contribution in [2.75, 3.05) is 4.72 Å². The zero-order valence-electron chi connectivity index (χ0n) is 19.5. The standard InChI is InChI=1S/C26H19ClN4O5S2/c27-16-8-9-18(20(13-16)31-38(35,36)23-7-3-5-19-24(23)29-11-10-28-19)25(32)30-21(26(33)34)12-15-14-37-22-6-2-1-4-17(15)22/h1-11,13-14,21,31H,12H2,(H,30,32)(H,33,34)/t21-/m0/s1. The normalized spacial score (nSPS) is 12.3. The smallest absolute Gasteiger partial charge is 0.326 e. The van der Waals surface area contributed by atoms with Crippen LogP contribution >= 0.6 is 22.9 Å². The molecular weight excluding hydrogens is 548 g/mol. The average molecular weight is 567 g/mol. The van der Waals surface area contributed by atoms with Crippen molar-refractivity contribution in [1.29, 1.82) is 0 Å². The average Bonchev–Trinajstić information content (AvgIpc) is 3.30. The lowest BCUT2D eigenvalue weighted by molar-refractivity contribution is -0.139. The molecule has 0 saturated carbocycles. The molecule has 0 bridgehead atoms. The van der Waals surface area contributed by atoms with Crippen LogP contribution in [0.3, 0.4) is 0 Å². The Morgan fingerprint density at radius 2 is 1.82 bits per heavy atom. The third-order valence-electron chi connectivity index (χ3n) is 5.81. The molecule has 2 aromatic heterocycles. The zero-order chi connectivity index (χ0) is 26.9. The molecule has 3 aromatic carbocycles. The third kappa shape index (κ3) is 5.17. The fourth-order valence-corrected chi connectivity index (χ4v) is 6.41. The van der Waals surface area contributed by atoms with Crippen LogP contribution < -0.4 is 10.0 Å². The van der Waals surface area contributed by atoms with Crippen LogP contribution in [0.5, 0.6) is 0 Å². The van der Waals surface area contributed by atoms with Crippen molar-refractivity contribution in [3.05, 3.63) is 94.6 Å². The quantitative estimate of drug-likeness (QED) is 0.247. The Morgan fingerprint density at radius 3 is 2.63 bits per heavy atom. The van der Waals surface area contributed by atoms with Gasteiger partial charge in [0.2, 0.25) is 0 Å². The van der Waals surface area contributed by atoms with Crippen molar-refractivity contribution in [2.24, 2.45) is 0 Å². The molecule has 0 fully saturated rings. The molecule has 0 unspecified atom stereocenters. The molecule has 0 aliphatic carbocycles. The molecule has 3 N–H and O–H groups in total. The minimum Gasteiger partial charge on any atom is -0.480 e. The van der Waals surface area contributed by atoms with E-state index in [1.165, 1.54) is 54.1 Å². The summed E-state index contributed by atoms with van der Waals surface area (Å²) in [5.41, 5.74) is 1.12. The van der Waals surface area contributed by atoms with Gasteiger partial charge >= 0.3 is 5.97 Å². The summed E-state index contributed by atoms with van der Waals surface area (Å²) in [5, 5.41) is 15.3. The lowest BCUT2D eigenvalue weighted by atomic mass is 10.0. The van der Waals surface area contributed by atoms with Gasteiger partial charge in [-0.15, -0.1) is 11.3 Å². The molecule has 0 saturated heterocycles. The number of aliphatic carboxylic acids is 1. The van der Waals surface area contributed by atoms with E-state index in [1.54, 1.807) is 6.07 Å². The van der Waals surface area contributed by atoms with Gasteiger partial charge in [0.25, 0.3) is 15.9 Å². The summed E-state index contributed by atoms with van der Waals surface area (Å²) in [4.78, 5) is 33.4. The fourth-order valence-electron chi connectivity index (χ4n) is 4.03. The number of benzene rings is 3. The summed E-state index contributed by atoms with van der Waals surface area (Å²) in [7, 11) is -4.23. The Balaban J connectivity index is 1.44. The predicted octanol–water partition coefficient (Wildman–Crippen LogP) is 4.72. The lowest BCUT2D eigenvalue weighted by Crippen LogP contribution is -2.42. The Labute approximate surface area is 226 Å². The fraction of sp³-hybridized carbons (Fsp3) is 0.0769. The maximum Gasteiger partial charge on any atom is 0.326 e. The monoisotopic (exact) mass is 566 g/mol. The van der Waals surface area contributed by atoms with Crippen molar-refractivity contribution in [1.82, 2.24) is 15.3 Å². The van der Waals surface area contributed by atoms with Crippen molar-refractivity contribution >= 4 is 71.6 Å². The van der Waals surface area contributed by atoms with Gasteiger partial charge in [0.1, 0.15) is 16.5 Å². The Hall–Kier alpha value is -4.06. The largest absolute Gasteiger partial charge is 0.480 e. The molecule has 2 heterocycles. The summed E-state index contributed by atoms with van der Waals surface area (Å²) in [6, 6.07) is 14.9. The molecule has 192 valence electrons. The van der Waals surface area contributed by atoms with E-state index in [0.717, 1.165) is 15.6 Å². The van der Waals surface area contributed by atoms with Gasteiger partial charge in [0.15, 0.2) is 0 Å². The van der Waals surface area contributed by atoms with Crippen molar-refractivity contribution in [2.45, 2.75) is 17.4 Å². The zero-order valence-corrected chi connectivity index (χ0v) is 21.8. The molecule has 5 aromatic rings. The Bertz CT molecular complexity index is 1800. The van der Waals surface area contributed by atoms with E-state index in [2.05, 4.69) is 20.0 Å². The van der Waals surface area contributed by atoms with Crippen LogP contribution in [0.25, 0.3) is 21.1 Å². The topological polar surface area (TPSA) is 138 Å². The number of fused-ring (bicyclic) bond motifs is 2. The number of nitrogens with one attached hydrogen (secondary N) is 2. The number of hydrogen-bond donors (Lipinski definition) is 3. The molecule has 1 amide bonds. The third-order valence-corrected chi connectivity index (χ3v) is 8.45. The molecule has 9 nitrogen and oxygen atoms in total. The van der Waals surface area contributed by atoms with E-state index < -0.39 is 27.9 Å². The molecule has 0 spiro atoms. The van der Waals surface area contributed by atoms with Crippen LogP contribution in [0.15, 0.2) is 83.3 Å². The van der Waals surface area contributed by atoms with E-state index in [-0.39, 0.29) is 33.1 Å². The predicted molar refractivity (Wildman–Crippen MR) is 146 cm³/mol. The molecule has 1 atom stereocenters. The highest BCUT2D eigenvalue weighted by atomic mass is 35.5. The second-order valence-corrected chi connectivity index (χ2v) is 11.3. The second-order valence-electron chi connectivity index (χ2n) is 8.30. The van der Waals surface area contributed by atoms with Gasteiger partial charge in [0, 0.05) is 28.5 Å². The number of hydrogen-bond acceptors (Lipinski definition) is 7. The second kappa shape index (κ2) is 10.4. The number of anilines is 1. The highest BCUT2D eigenvalue weighted by Gasteiger charge is 2.26. The molecule has 0 aliphatic heterocycles. The van der Waals surface area contributed by atoms with Crippen LogP contribution in [0.4, 0.5) is 5.69 Å². The maximum absolute atomic E-state index is 13.3. The highest BCUT2D eigenvalue weighted by molar-refractivity contribution is 7.93. The number of carboxylic acids is 1. The molecule has 0 aliphatic rings. The first-order valence-electron chi connectivity index (χ1n) is 11.2. The molecule has 5 rings (SSSR count). The summed E-state index contributed by atoms with van der Waals surface area (Å²) < 4.78 is 30.1. The number of carbonyl (C=O) groups excluding carboxylic acids is 1. The number of nitrogens with zero attached hydrogens (tertiary/aromatic N) is 2. The first-order chi connectivity index (χ1) is 18.2. The maximum atomic E-state index is 13.3. The van der Waals surface area contributed by atoms with Crippen LogP contribution in [-0.2, 0) is 21.2 Å². The SMILES string of the molecule is O=C(N[C@@H](Cc1csc2ccccc12)C(=O)O)c1ccc(Cl)cc1NS(=O)(=O)c1cccc2nccnc12. The number of aromatic nitrogens is 2. The highest BCUT2D eigenvalue weighted by Crippen LogP contribution is 2.28. The van der Waals surface area contributed by atoms with E-state index in [1.807, 2.05) is 29.6 Å². The van der Waals surface area contributed by atoms with Gasteiger partial charge in [-0.05, 0) is 52.7 Å². The van der Waals surface area contributed by atoms with Crippen molar-refractivity contribution in [3.63, 3.8) is 0 Å². The van der Waals surface area contributed by atoms with Crippen LogP contribution in [0.2, 0.25) is 5.02 Å². The number of rotatable bonds is 8. The summed E-state index contributed by atoms with van der Waals surface area (Å²) in [6.07, 6.45) is 2.88. The number of para-hydroxylation sites is 1. The number of sulfonamides is 1. The first kappa shape index (κ1) is 25.6. The summed E-state index contributed by atoms with van der Waals surface area (Å²) in [6.45, 7) is 0. The summed E-state index contributed by atoms with van der Waals surface area (Å²) in [5.74, 6) is -2.00. The molecular formula is C26H19ClN4O5S2. The Morgan fingerprint density at radius 1 is 1.03 bits per heavy atom. The van der Waals surface area contributed by atoms with Gasteiger partial charge in [-0.2, -0.15) is 0 Å². The van der Waals surface area contributed by atoms with Crippen LogP contribution in [0, 0.1) is 0 Å². The van der Waals surface area contributed by atoms with E-state index in [4.69, 9.17) is 11.6 Å². The number of amides is 1. The number of carbonyl (C=O) groups is 2. The number of halogens is 1. The van der Waals surface area contributed by atoms with Crippen molar-refractivity contribution < 1.29 is 23.1 Å². The molecule has 38 heavy (non-hydrogen) atoms. The Kier molecular flexibility index (Phi) is 6.98. The van der Waals surface area contributed by atoms with E-state index in [9.17, 15) is 23.1 Å². The minimum atomic E-state index is -4.23. The van der Waals surface area contributed by atoms with Crippen LogP contribution in [0.1, 0.15) is 15.9 Å². The van der Waals surface area contributed by atoms with Gasteiger partial charge in [-0.25, -0.2) is 13.2 Å². The first-order valence-corrected chi connectivity index (χ1v) is 14.0. The minimum absolute atomic E-state index is 0.0500. The van der Waals surface area contributed by atoms with Gasteiger partial charge in [0.05, 0.1) is 16.8 Å². The molecule has 0 radical (unpaired) electrons. The van der Waals surface area contributed by atoms with Crippen LogP contribution in [-0.4, -0.2) is 41.4 Å². The van der Waals surface area contributed by atoms with Gasteiger partial charge < -0.3 is 10.4 Å². The van der Waals surface area contributed by atoms with E-state index in [0.29, 0.717) is 5.52 Å².